The number of benzene rings is 1. The largest absolute Gasteiger partial charge is 0.361 e. The number of fused-ring (bicyclic) bond motifs is 1. The Morgan fingerprint density at radius 3 is 2.10 bits per heavy atom. The van der Waals surface area contributed by atoms with E-state index in [0.29, 0.717) is 52.4 Å². The second-order valence-corrected chi connectivity index (χ2v) is 27.4. The van der Waals surface area contributed by atoms with Crippen molar-refractivity contribution in [3.8, 4) is 22.4 Å². The maximum atomic E-state index is 12.7. The molecular weight excluding hydrogens is 663 g/mol. The molecule has 1 spiro atoms. The lowest BCUT2D eigenvalue weighted by Crippen LogP contribution is -2.49. The molecule has 4 aromatic rings. The van der Waals surface area contributed by atoms with Gasteiger partial charge in [-0.3, -0.25) is 15.1 Å². The number of carbonyl (C=O) groups excluding carboxylic acids is 2. The van der Waals surface area contributed by atoms with Crippen molar-refractivity contribution in [2.45, 2.75) is 88.5 Å². The zero-order valence-corrected chi connectivity index (χ0v) is 32.3. The zero-order valence-electron chi connectivity index (χ0n) is 30.3. The average molecular weight is 714 g/mol. The smallest absolute Gasteiger partial charge is 0.322 e. The van der Waals surface area contributed by atoms with Crippen LogP contribution in [0, 0.1) is 0 Å². The first-order valence-corrected chi connectivity index (χ1v) is 25.2. The van der Waals surface area contributed by atoms with Crippen LogP contribution in [0.1, 0.15) is 37.3 Å². The average Bonchev–Trinajstić information content (AvgIpc) is 3.63. The summed E-state index contributed by atoms with van der Waals surface area (Å²) in [6, 6.07) is 18.1. The monoisotopic (exact) mass is 713 g/mol. The molecule has 50 heavy (non-hydrogen) atoms. The summed E-state index contributed by atoms with van der Waals surface area (Å²) < 4.78 is 14.5. The van der Waals surface area contributed by atoms with E-state index < -0.39 is 27.7 Å². The molecule has 1 saturated heterocycles. The fourth-order valence-electron chi connectivity index (χ4n) is 6.50. The van der Waals surface area contributed by atoms with Crippen LogP contribution in [-0.4, -0.2) is 79.9 Å². The summed E-state index contributed by atoms with van der Waals surface area (Å²) >= 11 is 0. The number of ether oxygens (including phenoxy) is 2. The third kappa shape index (κ3) is 8.51. The van der Waals surface area contributed by atoms with E-state index in [1.807, 2.05) is 41.2 Å². The summed E-state index contributed by atoms with van der Waals surface area (Å²) in [6.07, 6.45) is 6.28. The molecule has 3 aromatic heterocycles. The predicted molar refractivity (Wildman–Crippen MR) is 203 cm³/mol. The van der Waals surface area contributed by atoms with E-state index in [0.717, 1.165) is 51.6 Å². The SMILES string of the molecule is C[Si](C)(C)CCOCN(COCC[Si](C)(C)C)c1cc(C2CCC3(CC2)NC(=O)NC3=O)nc2c(-c3ccc(-c4ccccc4)nc3)cnn12. The van der Waals surface area contributed by atoms with Gasteiger partial charge in [-0.1, -0.05) is 75.7 Å². The molecule has 0 atom stereocenters. The molecule has 1 aliphatic heterocycles. The van der Waals surface area contributed by atoms with Crippen LogP contribution < -0.4 is 15.5 Å². The maximum Gasteiger partial charge on any atom is 0.322 e. The molecule has 13 heteroatoms. The summed E-state index contributed by atoms with van der Waals surface area (Å²) in [4.78, 5) is 36.9. The number of rotatable bonds is 14. The van der Waals surface area contributed by atoms with Gasteiger partial charge in [-0.2, -0.15) is 9.61 Å². The molecule has 1 saturated carbocycles. The highest BCUT2D eigenvalue weighted by Crippen LogP contribution is 2.40. The molecule has 1 aliphatic carbocycles. The first kappa shape index (κ1) is 35.9. The predicted octanol–water partition coefficient (Wildman–Crippen LogP) is 7.13. The van der Waals surface area contributed by atoms with Crippen molar-refractivity contribution in [3.63, 3.8) is 0 Å². The van der Waals surface area contributed by atoms with Crippen LogP contribution in [0.3, 0.4) is 0 Å². The lowest BCUT2D eigenvalue weighted by atomic mass is 9.75. The Morgan fingerprint density at radius 1 is 0.880 bits per heavy atom. The number of aromatic nitrogens is 4. The van der Waals surface area contributed by atoms with Crippen LogP contribution >= 0.6 is 0 Å². The molecule has 0 unspecified atom stereocenters. The van der Waals surface area contributed by atoms with E-state index >= 15 is 0 Å². The third-order valence-electron chi connectivity index (χ3n) is 9.70. The minimum Gasteiger partial charge on any atom is -0.361 e. The van der Waals surface area contributed by atoms with Crippen LogP contribution in [0.25, 0.3) is 28.0 Å². The van der Waals surface area contributed by atoms with Crippen molar-refractivity contribution >= 4 is 39.6 Å². The van der Waals surface area contributed by atoms with Gasteiger partial charge in [0.25, 0.3) is 5.91 Å². The van der Waals surface area contributed by atoms with Crippen molar-refractivity contribution in [1.29, 1.82) is 0 Å². The van der Waals surface area contributed by atoms with Crippen LogP contribution in [0.2, 0.25) is 51.4 Å². The topological polar surface area (TPSA) is 123 Å². The third-order valence-corrected chi connectivity index (χ3v) is 13.1. The maximum absolute atomic E-state index is 12.7. The van der Waals surface area contributed by atoms with Crippen LogP contribution in [0.4, 0.5) is 10.6 Å². The molecule has 6 rings (SSSR count). The normalized spacial score (nSPS) is 19.6. The van der Waals surface area contributed by atoms with E-state index in [1.54, 1.807) is 0 Å². The van der Waals surface area contributed by atoms with Crippen LogP contribution in [-0.2, 0) is 14.3 Å². The van der Waals surface area contributed by atoms with Gasteiger partial charge in [-0.25, -0.2) is 9.78 Å². The summed E-state index contributed by atoms with van der Waals surface area (Å²) in [5, 5.41) is 10.2. The Balaban J connectivity index is 1.35. The number of nitrogens with zero attached hydrogens (tertiary/aromatic N) is 5. The number of hydrogen-bond acceptors (Lipinski definition) is 8. The molecule has 2 N–H and O–H groups in total. The Bertz CT molecular complexity index is 1770. The van der Waals surface area contributed by atoms with E-state index in [4.69, 9.17) is 24.5 Å². The first-order valence-electron chi connectivity index (χ1n) is 17.7. The lowest BCUT2D eigenvalue weighted by molar-refractivity contribution is -0.125. The second kappa shape index (κ2) is 14.7. The first-order chi connectivity index (χ1) is 23.8. The van der Waals surface area contributed by atoms with Gasteiger partial charge in [0.2, 0.25) is 0 Å². The van der Waals surface area contributed by atoms with Crippen molar-refractivity contribution in [2.24, 2.45) is 0 Å². The number of nitrogens with one attached hydrogen (secondary N) is 2. The Morgan fingerprint density at radius 2 is 1.54 bits per heavy atom. The summed E-state index contributed by atoms with van der Waals surface area (Å²) in [5.74, 6) is 0.712. The Labute approximate surface area is 297 Å². The van der Waals surface area contributed by atoms with E-state index in [2.05, 4.69) is 79.1 Å². The van der Waals surface area contributed by atoms with Crippen molar-refractivity contribution < 1.29 is 19.1 Å². The van der Waals surface area contributed by atoms with Gasteiger partial charge in [0, 0.05) is 69.9 Å². The molecule has 3 amide bonds. The highest BCUT2D eigenvalue weighted by Gasteiger charge is 2.48. The van der Waals surface area contributed by atoms with E-state index in [9.17, 15) is 9.59 Å². The fourth-order valence-corrected chi connectivity index (χ4v) is 8.01. The van der Waals surface area contributed by atoms with Crippen LogP contribution in [0.15, 0.2) is 60.9 Å². The number of hydrogen-bond donors (Lipinski definition) is 2. The number of anilines is 1. The number of urea groups is 1. The van der Waals surface area contributed by atoms with Gasteiger partial charge in [-0.05, 0) is 43.8 Å². The minimum absolute atomic E-state index is 0.0958. The highest BCUT2D eigenvalue weighted by molar-refractivity contribution is 6.76. The standard InChI is InChI=1S/C37H51N7O4Si2/c1-49(2,3)20-18-47-25-43(26-48-19-21-50(4,5)6)33-22-32(28-14-16-37(17-15-28)35(45)41-36(46)42-37)40-34-30(24-39-44(33)34)29-12-13-31(38-23-29)27-10-8-7-9-11-27/h7-13,22-24,28H,14-21,25-26H2,1-6H3,(H2,41,42,45,46). The van der Waals surface area contributed by atoms with Crippen molar-refractivity contribution in [3.05, 3.63) is 66.6 Å². The fraction of sp³-hybridized carbons (Fsp3) is 0.486. The molecule has 0 bridgehead atoms. The number of imide groups is 1. The Kier molecular flexibility index (Phi) is 10.6. The van der Waals surface area contributed by atoms with Gasteiger partial charge >= 0.3 is 6.03 Å². The van der Waals surface area contributed by atoms with Crippen molar-refractivity contribution in [2.75, 3.05) is 31.6 Å². The number of pyridine rings is 1. The van der Waals surface area contributed by atoms with E-state index in [1.165, 1.54) is 0 Å². The molecule has 266 valence electrons. The molecule has 2 aliphatic rings. The van der Waals surface area contributed by atoms with Crippen molar-refractivity contribution in [1.82, 2.24) is 30.2 Å². The summed E-state index contributed by atoms with van der Waals surface area (Å²) in [6.45, 7) is 16.2. The molecule has 4 heterocycles. The summed E-state index contributed by atoms with van der Waals surface area (Å²) in [7, 11) is -2.55. The van der Waals surface area contributed by atoms with E-state index in [-0.39, 0.29) is 11.8 Å². The molecular formula is C37H51N7O4Si2. The Hall–Kier alpha value is -3.92. The molecule has 1 aromatic carbocycles. The molecule has 11 nitrogen and oxygen atoms in total. The molecule has 2 fully saturated rings. The number of amides is 3. The number of carbonyl (C=O) groups is 2. The highest BCUT2D eigenvalue weighted by atomic mass is 28.3. The van der Waals surface area contributed by atoms with Gasteiger partial charge < -0.3 is 19.7 Å². The van der Waals surface area contributed by atoms with Crippen LogP contribution in [0.5, 0.6) is 0 Å². The van der Waals surface area contributed by atoms with Gasteiger partial charge in [0.1, 0.15) is 24.8 Å². The zero-order chi connectivity index (χ0) is 35.5. The quantitative estimate of drug-likeness (QED) is 0.0613. The molecule has 0 radical (unpaired) electrons. The minimum atomic E-state index is -1.28. The lowest BCUT2D eigenvalue weighted by Gasteiger charge is -2.34. The summed E-state index contributed by atoms with van der Waals surface area (Å²) in [5.41, 5.74) is 4.58. The van der Waals surface area contributed by atoms with Gasteiger partial charge in [0.15, 0.2) is 5.65 Å². The van der Waals surface area contributed by atoms with Gasteiger partial charge in [0.05, 0.1) is 11.9 Å². The second-order valence-electron chi connectivity index (χ2n) is 16.1. The van der Waals surface area contributed by atoms with Gasteiger partial charge in [-0.15, -0.1) is 0 Å².